The van der Waals surface area contributed by atoms with Crippen LogP contribution in [0, 0.1) is 0 Å². The average molecular weight is 240 g/mol. The average Bonchev–Trinajstić information content (AvgIpc) is 2.36. The smallest absolute Gasteiger partial charge is 0.329 e. The van der Waals surface area contributed by atoms with Gasteiger partial charge in [-0.15, -0.1) is 0 Å². The molecule has 1 aromatic carbocycles. The second-order valence-corrected chi connectivity index (χ2v) is 3.64. The van der Waals surface area contributed by atoms with Crippen molar-refractivity contribution >= 4 is 5.97 Å². The minimum Gasteiger partial charge on any atom is -0.497 e. The third-order valence-electron chi connectivity index (χ3n) is 2.66. The normalized spacial score (nSPS) is 13.9. The molecule has 0 saturated heterocycles. The van der Waals surface area contributed by atoms with Crippen LogP contribution >= 0.6 is 0 Å². The number of carbonyl (C=O) groups is 1. The number of aliphatic carboxylic acids is 1. The molecule has 0 bridgehead atoms. The van der Waals surface area contributed by atoms with Crippen LogP contribution in [0.4, 0.5) is 0 Å². The number of nitrogens with one attached hydrogen (secondary N) is 1. The molecular weight excluding hydrogens is 224 g/mol. The number of carboxylic acid groups (broad SMARTS) is 1. The lowest BCUT2D eigenvalue weighted by atomic mass is 9.92. The fourth-order valence-corrected chi connectivity index (χ4v) is 1.47. The van der Waals surface area contributed by atoms with Crippen molar-refractivity contribution in [2.45, 2.75) is 12.5 Å². The summed E-state index contributed by atoms with van der Waals surface area (Å²) in [4.78, 5) is 11.2. The summed E-state index contributed by atoms with van der Waals surface area (Å²) < 4.78 is 10.2. The SMILES string of the molecule is COc1ccc(C(C)(NN)C(=O)O)c(OC)c1. The van der Waals surface area contributed by atoms with Crippen LogP contribution in [-0.2, 0) is 10.3 Å². The first kappa shape index (κ1) is 13.3. The maximum atomic E-state index is 11.2. The summed E-state index contributed by atoms with van der Waals surface area (Å²) in [6.07, 6.45) is 0. The Bertz CT molecular complexity index is 422. The molecule has 0 fully saturated rings. The number of rotatable bonds is 5. The number of hydrazine groups is 1. The third kappa shape index (κ3) is 2.32. The number of carboxylic acids is 1. The summed E-state index contributed by atoms with van der Waals surface area (Å²) in [6, 6.07) is 4.86. The molecule has 0 radical (unpaired) electrons. The van der Waals surface area contributed by atoms with Gasteiger partial charge >= 0.3 is 5.97 Å². The molecule has 0 aliphatic carbocycles. The van der Waals surface area contributed by atoms with E-state index in [0.29, 0.717) is 17.1 Å². The van der Waals surface area contributed by atoms with Gasteiger partial charge in [-0.1, -0.05) is 0 Å². The molecule has 6 nitrogen and oxygen atoms in total. The first-order valence-corrected chi connectivity index (χ1v) is 4.93. The van der Waals surface area contributed by atoms with Gasteiger partial charge in [0.1, 0.15) is 11.5 Å². The van der Waals surface area contributed by atoms with Crippen molar-refractivity contribution in [2.24, 2.45) is 5.84 Å². The highest BCUT2D eigenvalue weighted by Crippen LogP contribution is 2.32. The van der Waals surface area contributed by atoms with Crippen LogP contribution in [0.5, 0.6) is 11.5 Å². The van der Waals surface area contributed by atoms with Gasteiger partial charge in [0.2, 0.25) is 0 Å². The van der Waals surface area contributed by atoms with E-state index in [0.717, 1.165) is 0 Å². The Morgan fingerprint density at radius 1 is 1.41 bits per heavy atom. The molecule has 17 heavy (non-hydrogen) atoms. The van der Waals surface area contributed by atoms with Crippen molar-refractivity contribution in [3.8, 4) is 11.5 Å². The lowest BCUT2D eigenvalue weighted by Gasteiger charge is -2.26. The molecule has 1 unspecified atom stereocenters. The summed E-state index contributed by atoms with van der Waals surface area (Å²) in [6.45, 7) is 1.46. The molecule has 0 aromatic heterocycles. The molecule has 1 aromatic rings. The molecule has 0 spiro atoms. The van der Waals surface area contributed by atoms with Crippen LogP contribution in [0.3, 0.4) is 0 Å². The van der Waals surface area contributed by atoms with E-state index in [9.17, 15) is 9.90 Å². The first-order chi connectivity index (χ1) is 7.99. The Morgan fingerprint density at radius 2 is 2.06 bits per heavy atom. The largest absolute Gasteiger partial charge is 0.497 e. The summed E-state index contributed by atoms with van der Waals surface area (Å²) >= 11 is 0. The maximum Gasteiger partial charge on any atom is 0.329 e. The Kier molecular flexibility index (Phi) is 3.93. The molecule has 0 saturated carbocycles. The molecule has 0 aliphatic rings. The van der Waals surface area contributed by atoms with Crippen molar-refractivity contribution in [3.63, 3.8) is 0 Å². The Morgan fingerprint density at radius 3 is 2.47 bits per heavy atom. The summed E-state index contributed by atoms with van der Waals surface area (Å²) in [5, 5.41) is 9.20. The number of nitrogens with two attached hydrogens (primary N) is 1. The van der Waals surface area contributed by atoms with Crippen LogP contribution in [0.2, 0.25) is 0 Å². The van der Waals surface area contributed by atoms with Crippen LogP contribution in [0.25, 0.3) is 0 Å². The quantitative estimate of drug-likeness (QED) is 0.511. The van der Waals surface area contributed by atoms with Crippen LogP contribution in [-0.4, -0.2) is 25.3 Å². The molecule has 1 rings (SSSR count). The minimum absolute atomic E-state index is 0.396. The van der Waals surface area contributed by atoms with E-state index in [2.05, 4.69) is 5.43 Å². The topological polar surface area (TPSA) is 93.8 Å². The van der Waals surface area contributed by atoms with Gasteiger partial charge in [0.25, 0.3) is 0 Å². The van der Waals surface area contributed by atoms with Gasteiger partial charge in [-0.2, -0.15) is 0 Å². The van der Waals surface area contributed by atoms with Crippen LogP contribution < -0.4 is 20.7 Å². The van der Waals surface area contributed by atoms with Gasteiger partial charge in [0, 0.05) is 11.6 Å². The summed E-state index contributed by atoms with van der Waals surface area (Å²) in [7, 11) is 2.98. The van der Waals surface area contributed by atoms with Crippen molar-refractivity contribution in [2.75, 3.05) is 14.2 Å². The number of hydrogen-bond donors (Lipinski definition) is 3. The summed E-state index contributed by atoms with van der Waals surface area (Å²) in [5.74, 6) is 5.20. The molecule has 0 heterocycles. The molecule has 94 valence electrons. The van der Waals surface area contributed by atoms with Gasteiger partial charge in [-0.25, -0.2) is 10.2 Å². The first-order valence-electron chi connectivity index (χ1n) is 4.93. The second kappa shape index (κ2) is 5.03. The van der Waals surface area contributed by atoms with E-state index in [4.69, 9.17) is 15.3 Å². The number of benzene rings is 1. The Hall–Kier alpha value is -1.79. The lowest BCUT2D eigenvalue weighted by Crippen LogP contribution is -2.50. The zero-order valence-electron chi connectivity index (χ0n) is 9.98. The van der Waals surface area contributed by atoms with Crippen LogP contribution in [0.1, 0.15) is 12.5 Å². The van der Waals surface area contributed by atoms with E-state index in [-0.39, 0.29) is 0 Å². The lowest BCUT2D eigenvalue weighted by molar-refractivity contribution is -0.144. The summed E-state index contributed by atoms with van der Waals surface area (Å²) in [5.41, 5.74) is 1.29. The number of hydrogen-bond acceptors (Lipinski definition) is 5. The van der Waals surface area contributed by atoms with E-state index in [1.54, 1.807) is 18.2 Å². The fourth-order valence-electron chi connectivity index (χ4n) is 1.47. The fraction of sp³-hybridized carbons (Fsp3) is 0.364. The van der Waals surface area contributed by atoms with Gasteiger partial charge in [0.05, 0.1) is 14.2 Å². The number of methoxy groups -OCH3 is 2. The zero-order chi connectivity index (χ0) is 13.1. The predicted octanol–water partition coefficient (Wildman–Crippen LogP) is 0.467. The molecular formula is C11H16N2O4. The standard InChI is InChI=1S/C11H16N2O4/c1-11(13-12,10(14)15)8-5-4-7(16-2)6-9(8)17-3/h4-6,13H,12H2,1-3H3,(H,14,15). The van der Waals surface area contributed by atoms with Crippen molar-refractivity contribution in [3.05, 3.63) is 23.8 Å². The highest BCUT2D eigenvalue weighted by molar-refractivity contribution is 5.81. The molecule has 1 atom stereocenters. The van der Waals surface area contributed by atoms with Gasteiger partial charge in [0.15, 0.2) is 5.54 Å². The third-order valence-corrected chi connectivity index (χ3v) is 2.66. The zero-order valence-corrected chi connectivity index (χ0v) is 9.98. The molecule has 4 N–H and O–H groups in total. The van der Waals surface area contributed by atoms with E-state index < -0.39 is 11.5 Å². The van der Waals surface area contributed by atoms with Gasteiger partial charge in [-0.3, -0.25) is 5.84 Å². The minimum atomic E-state index is -1.42. The highest BCUT2D eigenvalue weighted by atomic mass is 16.5. The second-order valence-electron chi connectivity index (χ2n) is 3.64. The van der Waals surface area contributed by atoms with Gasteiger partial charge < -0.3 is 14.6 Å². The predicted molar refractivity (Wildman–Crippen MR) is 61.9 cm³/mol. The highest BCUT2D eigenvalue weighted by Gasteiger charge is 2.36. The van der Waals surface area contributed by atoms with E-state index >= 15 is 0 Å². The van der Waals surface area contributed by atoms with Crippen molar-refractivity contribution < 1.29 is 19.4 Å². The van der Waals surface area contributed by atoms with Crippen molar-refractivity contribution in [1.29, 1.82) is 0 Å². The maximum absolute atomic E-state index is 11.2. The monoisotopic (exact) mass is 240 g/mol. The Labute approximate surface area is 99.3 Å². The van der Waals surface area contributed by atoms with Gasteiger partial charge in [-0.05, 0) is 19.1 Å². The van der Waals surface area contributed by atoms with E-state index in [1.807, 2.05) is 0 Å². The Balaban J connectivity index is 3.34. The molecule has 0 aliphatic heterocycles. The number of ether oxygens (including phenoxy) is 2. The molecule has 6 heteroatoms. The van der Waals surface area contributed by atoms with Crippen molar-refractivity contribution in [1.82, 2.24) is 5.43 Å². The van der Waals surface area contributed by atoms with E-state index in [1.165, 1.54) is 21.1 Å². The molecule has 0 amide bonds. The van der Waals surface area contributed by atoms with Crippen LogP contribution in [0.15, 0.2) is 18.2 Å².